The van der Waals surface area contributed by atoms with Crippen LogP contribution in [-0.2, 0) is 9.53 Å². The molecule has 0 radical (unpaired) electrons. The smallest absolute Gasteiger partial charge is 0.251 e. The number of nitrogens with zero attached hydrogens (tertiary/aromatic N) is 5. The van der Waals surface area contributed by atoms with Crippen LogP contribution in [-0.4, -0.2) is 69.9 Å². The summed E-state index contributed by atoms with van der Waals surface area (Å²) in [5, 5.41) is 7.64. The Hall–Kier alpha value is -2.71. The average Bonchev–Trinajstić information content (AvgIpc) is 3.52. The summed E-state index contributed by atoms with van der Waals surface area (Å²) in [5.41, 5.74) is 3.14. The zero-order valence-corrected chi connectivity index (χ0v) is 18.2. The van der Waals surface area contributed by atoms with E-state index in [2.05, 4.69) is 20.1 Å². The summed E-state index contributed by atoms with van der Waals surface area (Å²) in [6.07, 6.45) is 6.90. The summed E-state index contributed by atoms with van der Waals surface area (Å²) in [5.74, 6) is 0.957. The number of ether oxygens (including phenoxy) is 1. The molecule has 2 aliphatic rings. The minimum atomic E-state index is -0.259. The summed E-state index contributed by atoms with van der Waals surface area (Å²) in [7, 11) is 1.90. The third-order valence-corrected chi connectivity index (χ3v) is 6.60. The molecule has 9 heteroatoms. The van der Waals surface area contributed by atoms with Gasteiger partial charge in [0, 0.05) is 44.5 Å². The number of anilines is 1. The van der Waals surface area contributed by atoms with Crippen LogP contribution in [0.2, 0.25) is 5.02 Å². The van der Waals surface area contributed by atoms with Crippen LogP contribution in [0.4, 0.5) is 5.82 Å². The molecule has 162 valence electrons. The van der Waals surface area contributed by atoms with Crippen molar-refractivity contribution in [1.29, 1.82) is 0 Å². The van der Waals surface area contributed by atoms with Gasteiger partial charge in [0.15, 0.2) is 0 Å². The maximum atomic E-state index is 12.6. The molecule has 2 fully saturated rings. The van der Waals surface area contributed by atoms with Crippen molar-refractivity contribution in [2.75, 3.05) is 31.6 Å². The topological polar surface area (TPSA) is 87.2 Å². The van der Waals surface area contributed by atoms with Gasteiger partial charge in [0.1, 0.15) is 11.9 Å². The van der Waals surface area contributed by atoms with E-state index in [9.17, 15) is 4.79 Å². The number of aromatic nitrogens is 4. The molecule has 0 saturated carbocycles. The number of benzene rings is 1. The normalized spacial score (nSPS) is 19.8. The fraction of sp³-hybridized carbons (Fsp3) is 0.455. The van der Waals surface area contributed by atoms with Gasteiger partial charge in [-0.15, -0.1) is 0 Å². The first kappa shape index (κ1) is 20.2. The van der Waals surface area contributed by atoms with Gasteiger partial charge in [0.2, 0.25) is 0 Å². The van der Waals surface area contributed by atoms with Crippen molar-refractivity contribution < 1.29 is 9.53 Å². The van der Waals surface area contributed by atoms with Crippen LogP contribution in [0.25, 0.3) is 22.3 Å². The van der Waals surface area contributed by atoms with Crippen molar-refractivity contribution in [3.63, 3.8) is 0 Å². The molecule has 0 unspecified atom stereocenters. The number of aromatic amines is 1. The SMILES string of the molecule is CN(C(=O)[C@H]1CCCO1)C1CCN(c2cnc3cc(Cl)c(-c4cc[nH]n4)cc3n2)CC1. The fourth-order valence-electron chi connectivity index (χ4n) is 4.44. The van der Waals surface area contributed by atoms with Crippen molar-refractivity contribution in [3.05, 3.63) is 35.6 Å². The van der Waals surface area contributed by atoms with E-state index in [1.807, 2.05) is 30.1 Å². The van der Waals surface area contributed by atoms with Crippen molar-refractivity contribution in [3.8, 4) is 11.3 Å². The van der Waals surface area contributed by atoms with Crippen LogP contribution in [0.15, 0.2) is 30.6 Å². The number of rotatable bonds is 4. The summed E-state index contributed by atoms with van der Waals surface area (Å²) in [6.45, 7) is 2.35. The van der Waals surface area contributed by atoms with E-state index < -0.39 is 0 Å². The van der Waals surface area contributed by atoms with Gasteiger partial charge in [0.05, 0.1) is 27.9 Å². The molecule has 4 heterocycles. The lowest BCUT2D eigenvalue weighted by Crippen LogP contribution is -2.48. The third kappa shape index (κ3) is 3.97. The predicted octanol–water partition coefficient (Wildman–Crippen LogP) is 3.28. The Morgan fingerprint density at radius 3 is 2.81 bits per heavy atom. The zero-order chi connectivity index (χ0) is 21.4. The summed E-state index contributed by atoms with van der Waals surface area (Å²) in [6, 6.07) is 5.87. The second kappa shape index (κ2) is 8.43. The summed E-state index contributed by atoms with van der Waals surface area (Å²) in [4.78, 5) is 26.2. The molecule has 1 N–H and O–H groups in total. The quantitative estimate of drug-likeness (QED) is 0.669. The lowest BCUT2D eigenvalue weighted by Gasteiger charge is -2.37. The number of amides is 1. The van der Waals surface area contributed by atoms with Gasteiger partial charge in [-0.25, -0.2) is 4.98 Å². The van der Waals surface area contributed by atoms with Crippen molar-refractivity contribution in [2.24, 2.45) is 0 Å². The van der Waals surface area contributed by atoms with Gasteiger partial charge in [-0.3, -0.25) is 14.9 Å². The van der Waals surface area contributed by atoms with Gasteiger partial charge >= 0.3 is 0 Å². The number of halogens is 1. The highest BCUT2D eigenvalue weighted by molar-refractivity contribution is 6.34. The molecule has 0 bridgehead atoms. The molecule has 2 aliphatic heterocycles. The number of piperidine rings is 1. The average molecular weight is 441 g/mol. The molecule has 2 aromatic heterocycles. The summed E-state index contributed by atoms with van der Waals surface area (Å²) >= 11 is 6.43. The minimum Gasteiger partial charge on any atom is -0.368 e. The van der Waals surface area contributed by atoms with Crippen LogP contribution in [0, 0.1) is 0 Å². The molecular formula is C22H25ClN6O2. The zero-order valence-electron chi connectivity index (χ0n) is 17.4. The lowest BCUT2D eigenvalue weighted by molar-refractivity contribution is -0.142. The molecule has 0 aliphatic carbocycles. The van der Waals surface area contributed by atoms with E-state index in [1.54, 1.807) is 12.4 Å². The Morgan fingerprint density at radius 1 is 1.26 bits per heavy atom. The van der Waals surface area contributed by atoms with Crippen LogP contribution in [0.1, 0.15) is 25.7 Å². The van der Waals surface area contributed by atoms with Gasteiger partial charge in [-0.05, 0) is 43.9 Å². The van der Waals surface area contributed by atoms with E-state index >= 15 is 0 Å². The Balaban J connectivity index is 1.30. The first-order chi connectivity index (χ1) is 15.1. The molecular weight excluding hydrogens is 416 g/mol. The van der Waals surface area contributed by atoms with Crippen molar-refractivity contribution >= 4 is 34.4 Å². The number of fused-ring (bicyclic) bond motifs is 1. The maximum absolute atomic E-state index is 12.6. The number of likely N-dealkylation sites (N-methyl/N-ethyl adjacent to an activating group) is 1. The number of nitrogens with one attached hydrogen (secondary N) is 1. The van der Waals surface area contributed by atoms with Crippen LogP contribution >= 0.6 is 11.6 Å². The maximum Gasteiger partial charge on any atom is 0.251 e. The molecule has 1 aromatic carbocycles. The number of hydrogen-bond acceptors (Lipinski definition) is 6. The lowest BCUT2D eigenvalue weighted by atomic mass is 10.0. The Kier molecular flexibility index (Phi) is 5.50. The van der Waals surface area contributed by atoms with Crippen LogP contribution in [0.5, 0.6) is 0 Å². The van der Waals surface area contributed by atoms with Crippen LogP contribution in [0.3, 0.4) is 0 Å². The van der Waals surface area contributed by atoms with Crippen molar-refractivity contribution in [1.82, 2.24) is 25.1 Å². The van der Waals surface area contributed by atoms with Gasteiger partial charge < -0.3 is 14.5 Å². The second-order valence-electron chi connectivity index (χ2n) is 8.18. The molecule has 1 amide bonds. The monoisotopic (exact) mass is 440 g/mol. The standard InChI is InChI=1S/C22H25ClN6O2/c1-28(22(30)20-3-2-10-31-20)14-5-8-29(9-6-14)21-13-24-18-12-16(23)15(11-19(18)26-21)17-4-7-25-27-17/h4,7,11-14,20H,2-3,5-6,8-10H2,1H3,(H,25,27)/t20-/m1/s1. The largest absolute Gasteiger partial charge is 0.368 e. The van der Waals surface area contributed by atoms with E-state index in [0.717, 1.165) is 66.9 Å². The summed E-state index contributed by atoms with van der Waals surface area (Å²) < 4.78 is 5.57. The number of carbonyl (C=O) groups is 1. The van der Waals surface area contributed by atoms with E-state index in [1.165, 1.54) is 0 Å². The first-order valence-corrected chi connectivity index (χ1v) is 11.1. The predicted molar refractivity (Wildman–Crippen MR) is 119 cm³/mol. The van der Waals surface area contributed by atoms with Gasteiger partial charge in [-0.2, -0.15) is 5.10 Å². The molecule has 2 saturated heterocycles. The molecule has 3 aromatic rings. The fourth-order valence-corrected chi connectivity index (χ4v) is 4.70. The van der Waals surface area contributed by atoms with Gasteiger partial charge in [0.25, 0.3) is 5.91 Å². The highest BCUT2D eigenvalue weighted by atomic mass is 35.5. The third-order valence-electron chi connectivity index (χ3n) is 6.28. The number of H-pyrrole nitrogens is 1. The van der Waals surface area contributed by atoms with Crippen LogP contribution < -0.4 is 4.90 Å². The number of hydrogen-bond donors (Lipinski definition) is 1. The van der Waals surface area contributed by atoms with E-state index in [0.29, 0.717) is 11.6 Å². The highest BCUT2D eigenvalue weighted by Crippen LogP contribution is 2.31. The molecule has 8 nitrogen and oxygen atoms in total. The highest BCUT2D eigenvalue weighted by Gasteiger charge is 2.32. The number of carbonyl (C=O) groups excluding carboxylic acids is 1. The Labute approximate surface area is 185 Å². The Bertz CT molecular complexity index is 1080. The molecule has 1 atom stereocenters. The van der Waals surface area contributed by atoms with E-state index in [-0.39, 0.29) is 18.1 Å². The molecule has 31 heavy (non-hydrogen) atoms. The second-order valence-corrected chi connectivity index (χ2v) is 8.58. The van der Waals surface area contributed by atoms with Crippen molar-refractivity contribution in [2.45, 2.75) is 37.8 Å². The molecule has 5 rings (SSSR count). The van der Waals surface area contributed by atoms with Gasteiger partial charge in [-0.1, -0.05) is 11.6 Å². The first-order valence-electron chi connectivity index (χ1n) is 10.7. The Morgan fingerprint density at radius 2 is 2.10 bits per heavy atom. The molecule has 0 spiro atoms. The van der Waals surface area contributed by atoms with E-state index in [4.69, 9.17) is 21.3 Å². The minimum absolute atomic E-state index is 0.115.